The number of pyridine rings is 1. The summed E-state index contributed by atoms with van der Waals surface area (Å²) in [7, 11) is 0. The van der Waals surface area contributed by atoms with Crippen LogP contribution in [0.1, 0.15) is 10.4 Å². The number of nitrogens with zero attached hydrogens (tertiary/aromatic N) is 2. The van der Waals surface area contributed by atoms with Crippen LogP contribution in [0.4, 0.5) is 5.69 Å². The van der Waals surface area contributed by atoms with Crippen molar-refractivity contribution in [2.75, 3.05) is 11.4 Å². The number of carboxylic acids is 1. The van der Waals surface area contributed by atoms with Crippen molar-refractivity contribution in [2.45, 2.75) is 0 Å². The Bertz CT molecular complexity index is 614. The number of carboxylic acid groups (broad SMARTS) is 1. The lowest BCUT2D eigenvalue weighted by Gasteiger charge is -2.20. The first-order valence-electron chi connectivity index (χ1n) is 5.77. The topological polar surface area (TPSA) is 70.5 Å². The lowest BCUT2D eigenvalue weighted by molar-refractivity contribution is -0.135. The monoisotopic (exact) mass is 290 g/mol. The van der Waals surface area contributed by atoms with Crippen LogP contribution in [-0.4, -0.2) is 28.5 Å². The fraction of sp³-hybridized carbons (Fsp3) is 0.0714. The number of aromatic nitrogens is 1. The van der Waals surface area contributed by atoms with Gasteiger partial charge in [0.2, 0.25) is 0 Å². The maximum absolute atomic E-state index is 12.4. The van der Waals surface area contributed by atoms with Gasteiger partial charge < -0.3 is 5.11 Å². The number of hydrogen-bond acceptors (Lipinski definition) is 3. The van der Waals surface area contributed by atoms with Crippen molar-refractivity contribution in [3.63, 3.8) is 0 Å². The molecule has 1 heterocycles. The molecule has 6 heteroatoms. The largest absolute Gasteiger partial charge is 0.480 e. The summed E-state index contributed by atoms with van der Waals surface area (Å²) in [4.78, 5) is 28.3. The number of rotatable bonds is 4. The molecule has 1 amide bonds. The van der Waals surface area contributed by atoms with Crippen LogP contribution in [0.5, 0.6) is 0 Å². The highest BCUT2D eigenvalue weighted by atomic mass is 35.5. The Morgan fingerprint density at radius 3 is 2.45 bits per heavy atom. The molecule has 2 rings (SSSR count). The summed E-state index contributed by atoms with van der Waals surface area (Å²) in [5.41, 5.74) is 0.786. The summed E-state index contributed by atoms with van der Waals surface area (Å²) < 4.78 is 0. The fourth-order valence-electron chi connectivity index (χ4n) is 1.68. The van der Waals surface area contributed by atoms with Crippen LogP contribution in [0.3, 0.4) is 0 Å². The van der Waals surface area contributed by atoms with Gasteiger partial charge in [-0.15, -0.1) is 0 Å². The zero-order valence-corrected chi connectivity index (χ0v) is 11.1. The lowest BCUT2D eigenvalue weighted by atomic mass is 10.2. The van der Waals surface area contributed by atoms with Crippen LogP contribution in [0, 0.1) is 0 Å². The molecule has 0 radical (unpaired) electrons. The highest BCUT2D eigenvalue weighted by Crippen LogP contribution is 2.19. The van der Waals surface area contributed by atoms with Crippen molar-refractivity contribution in [1.82, 2.24) is 4.98 Å². The minimum absolute atomic E-state index is 0.323. The zero-order chi connectivity index (χ0) is 14.5. The third kappa shape index (κ3) is 3.33. The molecule has 0 aliphatic carbocycles. The van der Waals surface area contributed by atoms with E-state index in [0.717, 1.165) is 4.90 Å². The molecule has 0 aliphatic rings. The van der Waals surface area contributed by atoms with Crippen molar-refractivity contribution in [3.8, 4) is 0 Å². The van der Waals surface area contributed by atoms with Gasteiger partial charge in [-0.05, 0) is 36.4 Å². The molecule has 1 aromatic carbocycles. The van der Waals surface area contributed by atoms with E-state index in [4.69, 9.17) is 16.7 Å². The first-order valence-corrected chi connectivity index (χ1v) is 6.15. The van der Waals surface area contributed by atoms with Crippen LogP contribution in [0.25, 0.3) is 0 Å². The Hall–Kier alpha value is -2.40. The number of anilines is 1. The predicted molar refractivity (Wildman–Crippen MR) is 75.0 cm³/mol. The molecule has 0 saturated carbocycles. The molecule has 0 unspecified atom stereocenters. The van der Waals surface area contributed by atoms with Crippen molar-refractivity contribution >= 4 is 29.2 Å². The second kappa shape index (κ2) is 6.16. The molecule has 0 atom stereocenters. The van der Waals surface area contributed by atoms with Gasteiger partial charge in [-0.3, -0.25) is 19.5 Å². The molecule has 2 aromatic rings. The van der Waals surface area contributed by atoms with E-state index in [1.165, 1.54) is 6.20 Å². The second-order valence-electron chi connectivity index (χ2n) is 4.00. The fourth-order valence-corrected chi connectivity index (χ4v) is 1.81. The lowest BCUT2D eigenvalue weighted by Crippen LogP contribution is -2.35. The summed E-state index contributed by atoms with van der Waals surface area (Å²) in [5.74, 6) is -1.53. The molecule has 20 heavy (non-hydrogen) atoms. The van der Waals surface area contributed by atoms with E-state index >= 15 is 0 Å². The average Bonchev–Trinajstić information content (AvgIpc) is 2.46. The summed E-state index contributed by atoms with van der Waals surface area (Å²) in [5, 5.41) is 9.47. The molecule has 5 nitrogen and oxygen atoms in total. The number of carbonyl (C=O) groups excluding carboxylic acids is 1. The summed E-state index contributed by atoms with van der Waals surface area (Å²) in [6, 6.07) is 9.59. The van der Waals surface area contributed by atoms with Gasteiger partial charge in [0, 0.05) is 23.1 Å². The van der Waals surface area contributed by atoms with Gasteiger partial charge in [0.15, 0.2) is 0 Å². The molecule has 1 aromatic heterocycles. The summed E-state index contributed by atoms with van der Waals surface area (Å²) in [6.45, 7) is -0.435. The van der Waals surface area contributed by atoms with Gasteiger partial charge in [-0.25, -0.2) is 0 Å². The van der Waals surface area contributed by atoms with Gasteiger partial charge in [-0.1, -0.05) is 11.6 Å². The molecule has 0 aliphatic heterocycles. The van der Waals surface area contributed by atoms with Crippen LogP contribution in [-0.2, 0) is 4.79 Å². The SMILES string of the molecule is O=C(O)CN(C(=O)c1cccnc1)c1ccc(Cl)cc1. The van der Waals surface area contributed by atoms with Gasteiger partial charge in [-0.2, -0.15) is 0 Å². The van der Waals surface area contributed by atoms with Crippen LogP contribution >= 0.6 is 11.6 Å². The molecule has 0 saturated heterocycles. The van der Waals surface area contributed by atoms with E-state index in [0.29, 0.717) is 16.3 Å². The number of benzene rings is 1. The third-order valence-electron chi connectivity index (χ3n) is 2.59. The van der Waals surface area contributed by atoms with Gasteiger partial charge in [0.25, 0.3) is 5.91 Å². The average molecular weight is 291 g/mol. The predicted octanol–water partition coefficient (Wildman–Crippen LogP) is 2.47. The van der Waals surface area contributed by atoms with Crippen LogP contribution < -0.4 is 4.90 Å². The van der Waals surface area contributed by atoms with E-state index in [1.807, 2.05) is 0 Å². The molecular weight excluding hydrogens is 280 g/mol. The zero-order valence-electron chi connectivity index (χ0n) is 10.4. The Morgan fingerprint density at radius 1 is 1.20 bits per heavy atom. The van der Waals surface area contributed by atoms with E-state index < -0.39 is 18.4 Å². The molecule has 0 bridgehead atoms. The third-order valence-corrected chi connectivity index (χ3v) is 2.84. The summed E-state index contributed by atoms with van der Waals surface area (Å²) >= 11 is 5.79. The minimum atomic E-state index is -1.10. The molecule has 1 N–H and O–H groups in total. The molecule has 0 spiro atoms. The maximum Gasteiger partial charge on any atom is 0.323 e. The van der Waals surface area contributed by atoms with Crippen molar-refractivity contribution in [3.05, 3.63) is 59.4 Å². The number of aliphatic carboxylic acids is 1. The smallest absolute Gasteiger partial charge is 0.323 e. The van der Waals surface area contributed by atoms with Crippen molar-refractivity contribution in [1.29, 1.82) is 0 Å². The first-order chi connectivity index (χ1) is 9.58. The Kier molecular flexibility index (Phi) is 4.32. The first kappa shape index (κ1) is 14.0. The van der Waals surface area contributed by atoms with E-state index in [1.54, 1.807) is 42.6 Å². The Labute approximate surface area is 120 Å². The highest BCUT2D eigenvalue weighted by Gasteiger charge is 2.20. The van der Waals surface area contributed by atoms with Gasteiger partial charge in [0.1, 0.15) is 6.54 Å². The number of hydrogen-bond donors (Lipinski definition) is 1. The van der Waals surface area contributed by atoms with Crippen molar-refractivity contribution in [2.24, 2.45) is 0 Å². The van der Waals surface area contributed by atoms with Crippen molar-refractivity contribution < 1.29 is 14.7 Å². The maximum atomic E-state index is 12.4. The Morgan fingerprint density at radius 2 is 1.90 bits per heavy atom. The quantitative estimate of drug-likeness (QED) is 0.939. The van der Waals surface area contributed by atoms with Gasteiger partial charge in [0.05, 0.1) is 5.56 Å². The second-order valence-corrected chi connectivity index (χ2v) is 4.44. The Balaban J connectivity index is 2.35. The highest BCUT2D eigenvalue weighted by molar-refractivity contribution is 6.30. The van der Waals surface area contributed by atoms with Gasteiger partial charge >= 0.3 is 5.97 Å². The van der Waals surface area contributed by atoms with E-state index in [-0.39, 0.29) is 0 Å². The number of halogens is 1. The number of amides is 1. The van der Waals surface area contributed by atoms with E-state index in [9.17, 15) is 9.59 Å². The normalized spacial score (nSPS) is 10.1. The number of carbonyl (C=O) groups is 2. The molecule has 102 valence electrons. The summed E-state index contributed by atoms with van der Waals surface area (Å²) in [6.07, 6.45) is 2.94. The van der Waals surface area contributed by atoms with E-state index in [2.05, 4.69) is 4.98 Å². The molecular formula is C14H11ClN2O3. The standard InChI is InChI=1S/C14H11ClN2O3/c15-11-3-5-12(6-4-11)17(9-13(18)19)14(20)10-2-1-7-16-8-10/h1-8H,9H2,(H,18,19). The minimum Gasteiger partial charge on any atom is -0.480 e. The van der Waals surface area contributed by atoms with Crippen LogP contribution in [0.2, 0.25) is 5.02 Å². The van der Waals surface area contributed by atoms with Crippen LogP contribution in [0.15, 0.2) is 48.8 Å². The molecule has 0 fully saturated rings.